The second kappa shape index (κ2) is 4.55. The maximum absolute atomic E-state index is 6.05. The second-order valence-electron chi connectivity index (χ2n) is 5.20. The van der Waals surface area contributed by atoms with Crippen LogP contribution < -0.4 is 5.73 Å². The molecule has 0 aliphatic carbocycles. The fourth-order valence-corrected chi connectivity index (χ4v) is 2.68. The Morgan fingerprint density at radius 2 is 2.25 bits per heavy atom. The van der Waals surface area contributed by atoms with Gasteiger partial charge in [0.25, 0.3) is 0 Å². The molecule has 4 heteroatoms. The zero-order valence-electron chi connectivity index (χ0n) is 10.5. The summed E-state index contributed by atoms with van der Waals surface area (Å²) in [6.07, 6.45) is 1.15. The van der Waals surface area contributed by atoms with Crippen LogP contribution in [0.15, 0.2) is 6.07 Å². The third-order valence-electron chi connectivity index (χ3n) is 3.25. The lowest BCUT2D eigenvalue weighted by atomic mass is 9.96. The van der Waals surface area contributed by atoms with Crippen LogP contribution >= 0.6 is 0 Å². The lowest BCUT2D eigenvalue weighted by Gasteiger charge is -2.34. The number of aryl methyl sites for hydroxylation is 2. The number of hydrogen-bond acceptors (Lipinski definition) is 3. The molecule has 0 spiro atoms. The van der Waals surface area contributed by atoms with Gasteiger partial charge in [0.2, 0.25) is 0 Å². The largest absolute Gasteiger partial charge is 0.327 e. The average Bonchev–Trinajstić information content (AvgIpc) is 2.43. The van der Waals surface area contributed by atoms with Crippen LogP contribution in [-0.4, -0.2) is 33.8 Å². The first kappa shape index (κ1) is 11.6. The summed E-state index contributed by atoms with van der Waals surface area (Å²) in [6, 6.07) is 2.49. The van der Waals surface area contributed by atoms with Crippen LogP contribution in [-0.2, 0) is 13.6 Å². The Morgan fingerprint density at radius 1 is 1.50 bits per heavy atom. The minimum Gasteiger partial charge on any atom is -0.327 e. The molecule has 0 aromatic carbocycles. The van der Waals surface area contributed by atoms with Gasteiger partial charge in [-0.05, 0) is 25.3 Å². The van der Waals surface area contributed by atoms with E-state index in [0.29, 0.717) is 12.0 Å². The summed E-state index contributed by atoms with van der Waals surface area (Å²) in [7, 11) is 2.01. The normalized spacial score (nSPS) is 27.2. The zero-order chi connectivity index (χ0) is 11.7. The van der Waals surface area contributed by atoms with Crippen LogP contribution in [0.4, 0.5) is 0 Å². The van der Waals surface area contributed by atoms with Crippen LogP contribution in [0.25, 0.3) is 0 Å². The van der Waals surface area contributed by atoms with Gasteiger partial charge in [0.15, 0.2) is 0 Å². The smallest absolute Gasteiger partial charge is 0.0597 e. The van der Waals surface area contributed by atoms with Crippen LogP contribution in [0.5, 0.6) is 0 Å². The Hall–Kier alpha value is -0.870. The summed E-state index contributed by atoms with van der Waals surface area (Å²) in [4.78, 5) is 2.44. The van der Waals surface area contributed by atoms with E-state index >= 15 is 0 Å². The monoisotopic (exact) mass is 222 g/mol. The molecule has 4 nitrogen and oxygen atoms in total. The fourth-order valence-electron chi connectivity index (χ4n) is 2.68. The van der Waals surface area contributed by atoms with Gasteiger partial charge >= 0.3 is 0 Å². The molecule has 0 radical (unpaired) electrons. The van der Waals surface area contributed by atoms with Crippen molar-refractivity contribution in [2.24, 2.45) is 18.7 Å². The highest BCUT2D eigenvalue weighted by atomic mass is 15.3. The first-order valence-corrected chi connectivity index (χ1v) is 6.02. The molecule has 2 unspecified atom stereocenters. The van der Waals surface area contributed by atoms with Crippen molar-refractivity contribution in [1.82, 2.24) is 14.7 Å². The number of likely N-dealkylation sites (tertiary alicyclic amines) is 1. The molecule has 1 fully saturated rings. The molecule has 90 valence electrons. The van der Waals surface area contributed by atoms with Gasteiger partial charge in [-0.25, -0.2) is 0 Å². The van der Waals surface area contributed by atoms with Gasteiger partial charge < -0.3 is 5.73 Å². The van der Waals surface area contributed by atoms with Gasteiger partial charge in [-0.1, -0.05) is 6.92 Å². The Bertz CT molecular complexity index is 348. The molecule has 1 aliphatic rings. The highest BCUT2D eigenvalue weighted by Gasteiger charge is 2.22. The molecular weight excluding hydrogens is 200 g/mol. The summed E-state index contributed by atoms with van der Waals surface area (Å²) >= 11 is 0. The molecule has 2 rings (SSSR count). The molecule has 1 saturated heterocycles. The van der Waals surface area contributed by atoms with E-state index in [0.717, 1.165) is 31.7 Å². The fraction of sp³-hybridized carbons (Fsp3) is 0.750. The summed E-state index contributed by atoms with van der Waals surface area (Å²) in [5, 5.41) is 4.37. The van der Waals surface area contributed by atoms with Gasteiger partial charge in [-0.3, -0.25) is 9.58 Å². The average molecular weight is 222 g/mol. The molecule has 0 saturated carbocycles. The van der Waals surface area contributed by atoms with Gasteiger partial charge in [-0.2, -0.15) is 5.10 Å². The lowest BCUT2D eigenvalue weighted by molar-refractivity contribution is 0.155. The summed E-state index contributed by atoms with van der Waals surface area (Å²) in [5.74, 6) is 0.707. The molecule has 1 aromatic rings. The Kier molecular flexibility index (Phi) is 3.30. The van der Waals surface area contributed by atoms with E-state index in [9.17, 15) is 0 Å². The number of aromatic nitrogens is 2. The third-order valence-corrected chi connectivity index (χ3v) is 3.25. The van der Waals surface area contributed by atoms with Gasteiger partial charge in [0.05, 0.1) is 11.4 Å². The zero-order valence-corrected chi connectivity index (χ0v) is 10.5. The molecule has 1 aromatic heterocycles. The van der Waals surface area contributed by atoms with Crippen molar-refractivity contribution in [3.05, 3.63) is 17.5 Å². The van der Waals surface area contributed by atoms with E-state index < -0.39 is 0 Å². The van der Waals surface area contributed by atoms with E-state index in [1.165, 1.54) is 5.69 Å². The van der Waals surface area contributed by atoms with Gasteiger partial charge in [-0.15, -0.1) is 0 Å². The van der Waals surface area contributed by atoms with Crippen molar-refractivity contribution in [2.45, 2.75) is 32.9 Å². The second-order valence-corrected chi connectivity index (χ2v) is 5.20. The van der Waals surface area contributed by atoms with Crippen molar-refractivity contribution >= 4 is 0 Å². The Morgan fingerprint density at radius 3 is 2.81 bits per heavy atom. The minimum absolute atomic E-state index is 0.332. The van der Waals surface area contributed by atoms with Crippen molar-refractivity contribution in [3.63, 3.8) is 0 Å². The Labute approximate surface area is 97.4 Å². The van der Waals surface area contributed by atoms with E-state index in [1.54, 1.807) is 0 Å². The van der Waals surface area contributed by atoms with Crippen LogP contribution in [0.1, 0.15) is 24.7 Å². The third kappa shape index (κ3) is 2.62. The topological polar surface area (TPSA) is 47.1 Å². The molecule has 0 bridgehead atoms. The predicted octanol–water partition coefficient (Wildman–Crippen LogP) is 0.898. The molecule has 16 heavy (non-hydrogen) atoms. The van der Waals surface area contributed by atoms with Crippen molar-refractivity contribution in [2.75, 3.05) is 13.1 Å². The Balaban J connectivity index is 2.01. The number of piperidine rings is 1. The first-order chi connectivity index (χ1) is 7.54. The van der Waals surface area contributed by atoms with E-state index in [4.69, 9.17) is 5.73 Å². The highest BCUT2D eigenvalue weighted by Crippen LogP contribution is 2.17. The molecule has 2 N–H and O–H groups in total. The number of nitrogens with zero attached hydrogens (tertiary/aromatic N) is 3. The summed E-state index contributed by atoms with van der Waals surface area (Å²) in [6.45, 7) is 7.44. The predicted molar refractivity (Wildman–Crippen MR) is 65.0 cm³/mol. The molecule has 2 heterocycles. The minimum atomic E-state index is 0.332. The number of nitrogens with two attached hydrogens (primary N) is 1. The maximum atomic E-state index is 6.05. The number of rotatable bonds is 2. The molecular formula is C12H22N4. The van der Waals surface area contributed by atoms with Crippen LogP contribution in [0.3, 0.4) is 0 Å². The van der Waals surface area contributed by atoms with Crippen molar-refractivity contribution in [1.29, 1.82) is 0 Å². The van der Waals surface area contributed by atoms with Crippen molar-refractivity contribution < 1.29 is 0 Å². The SMILES string of the molecule is Cc1cc(CN2CC(C)CC(N)C2)n(C)n1. The van der Waals surface area contributed by atoms with Gasteiger partial charge in [0.1, 0.15) is 0 Å². The van der Waals surface area contributed by atoms with Gasteiger partial charge in [0, 0.05) is 32.7 Å². The molecule has 0 amide bonds. The van der Waals surface area contributed by atoms with Crippen LogP contribution in [0.2, 0.25) is 0 Å². The molecule has 2 atom stereocenters. The standard InChI is InChI=1S/C12H22N4/c1-9-4-11(13)7-16(6-9)8-12-5-10(2)14-15(12)3/h5,9,11H,4,6-8,13H2,1-3H3. The maximum Gasteiger partial charge on any atom is 0.0597 e. The van der Waals surface area contributed by atoms with E-state index in [1.807, 2.05) is 18.7 Å². The summed E-state index contributed by atoms with van der Waals surface area (Å²) in [5.41, 5.74) is 8.41. The summed E-state index contributed by atoms with van der Waals surface area (Å²) < 4.78 is 1.97. The lowest BCUT2D eigenvalue weighted by Crippen LogP contribution is -2.45. The molecule has 1 aliphatic heterocycles. The highest BCUT2D eigenvalue weighted by molar-refractivity contribution is 5.08. The van der Waals surface area contributed by atoms with E-state index in [-0.39, 0.29) is 0 Å². The van der Waals surface area contributed by atoms with E-state index in [2.05, 4.69) is 23.0 Å². The van der Waals surface area contributed by atoms with Crippen molar-refractivity contribution in [3.8, 4) is 0 Å². The van der Waals surface area contributed by atoms with Crippen LogP contribution in [0, 0.1) is 12.8 Å². The quantitative estimate of drug-likeness (QED) is 0.808. The first-order valence-electron chi connectivity index (χ1n) is 6.02. The number of hydrogen-bond donors (Lipinski definition) is 1.